The van der Waals surface area contributed by atoms with Crippen LogP contribution < -0.4 is 20.8 Å². The number of likely N-dealkylation sites (N-methyl/N-ethyl adjacent to an activating group) is 2. The second-order valence-electron chi connectivity index (χ2n) is 3.88. The van der Waals surface area contributed by atoms with Crippen molar-refractivity contribution >= 4 is 73.2 Å². The average molecular weight is 365 g/mol. The molecule has 0 spiro atoms. The number of hydrogen-bond acceptors (Lipinski definition) is 8. The molecule has 0 bridgehead atoms. The van der Waals surface area contributed by atoms with Gasteiger partial charge in [-0.25, -0.2) is 0 Å². The van der Waals surface area contributed by atoms with Crippen LogP contribution in [0, 0.1) is 0 Å². The summed E-state index contributed by atoms with van der Waals surface area (Å²) in [7, 11) is 3.25. The summed E-state index contributed by atoms with van der Waals surface area (Å²) in [5.41, 5.74) is 0. The fourth-order valence-corrected chi connectivity index (χ4v) is 2.17. The van der Waals surface area contributed by atoms with Crippen LogP contribution in [0.2, 0.25) is 0 Å². The van der Waals surface area contributed by atoms with E-state index in [1.807, 2.05) is 12.5 Å². The summed E-state index contributed by atoms with van der Waals surface area (Å²) in [6, 6.07) is -0.986. The fourth-order valence-electron chi connectivity index (χ4n) is 1.23. The van der Waals surface area contributed by atoms with E-state index in [-0.39, 0.29) is 37.7 Å². The fraction of sp³-hybridized carbons (Fsp3) is 0.833. The van der Waals surface area contributed by atoms with Crippen molar-refractivity contribution < 1.29 is 19.8 Å². The summed E-state index contributed by atoms with van der Waals surface area (Å²) < 4.78 is 0. The van der Waals surface area contributed by atoms with Gasteiger partial charge in [-0.3, -0.25) is 0 Å². The van der Waals surface area contributed by atoms with Gasteiger partial charge in [-0.15, -0.1) is 0 Å². The zero-order valence-electron chi connectivity index (χ0n) is 13.1. The standard InChI is InChI=1S/2C6H13NO2S.Ca/c2*1-7-5(6(8)9)3-4-10-2;/h2*5,7H,3-4H2,1-2H3,(H,8,9);/q;;+2/p-2. The molecule has 0 rings (SSSR count). The first kappa shape index (κ1) is 26.7. The quantitative estimate of drug-likeness (QED) is 0.420. The Bertz CT molecular complexity index is 248. The van der Waals surface area contributed by atoms with Crippen LogP contribution in [0.1, 0.15) is 12.8 Å². The first-order valence-corrected chi connectivity index (χ1v) is 8.97. The summed E-state index contributed by atoms with van der Waals surface area (Å²) in [4.78, 5) is 20.5. The molecule has 2 N–H and O–H groups in total. The minimum absolute atomic E-state index is 0. The molecule has 0 amide bonds. The average Bonchev–Trinajstić information content (AvgIpc) is 2.40. The predicted molar refractivity (Wildman–Crippen MR) is 87.5 cm³/mol. The van der Waals surface area contributed by atoms with E-state index in [0.717, 1.165) is 11.5 Å². The van der Waals surface area contributed by atoms with Gasteiger partial charge in [0.05, 0.1) is 11.9 Å². The Kier molecular flexibility index (Phi) is 24.0. The van der Waals surface area contributed by atoms with Gasteiger partial charge in [-0.1, -0.05) is 0 Å². The van der Waals surface area contributed by atoms with Crippen LogP contribution in [0.25, 0.3) is 0 Å². The summed E-state index contributed by atoms with van der Waals surface area (Å²) in [5.74, 6) is -0.341. The van der Waals surface area contributed by atoms with Crippen molar-refractivity contribution in [2.75, 3.05) is 38.1 Å². The van der Waals surface area contributed by atoms with Crippen LogP contribution in [-0.4, -0.2) is 99.9 Å². The van der Waals surface area contributed by atoms with Gasteiger partial charge in [-0.2, -0.15) is 23.5 Å². The number of rotatable bonds is 10. The molecule has 0 radical (unpaired) electrons. The molecule has 0 heterocycles. The Labute approximate surface area is 165 Å². The second-order valence-corrected chi connectivity index (χ2v) is 5.85. The molecule has 2 unspecified atom stereocenters. The number of nitrogens with one attached hydrogen (secondary N) is 2. The van der Waals surface area contributed by atoms with Crippen LogP contribution >= 0.6 is 23.5 Å². The van der Waals surface area contributed by atoms with Crippen LogP contribution in [0.15, 0.2) is 0 Å². The SMILES string of the molecule is CNC(CCSC)C(=O)[O-].CNC(CCSC)C(=O)[O-].[Ca+2]. The molecule has 9 heteroatoms. The largest absolute Gasteiger partial charge is 2.00 e. The Morgan fingerprint density at radius 1 is 0.905 bits per heavy atom. The van der Waals surface area contributed by atoms with Crippen molar-refractivity contribution in [2.45, 2.75) is 24.9 Å². The van der Waals surface area contributed by atoms with Crippen molar-refractivity contribution in [3.8, 4) is 0 Å². The maximum absolute atomic E-state index is 10.3. The molecule has 0 aliphatic carbocycles. The Morgan fingerprint density at radius 2 is 1.19 bits per heavy atom. The predicted octanol–water partition coefficient (Wildman–Crippen LogP) is -2.23. The van der Waals surface area contributed by atoms with Gasteiger partial charge < -0.3 is 30.4 Å². The maximum atomic E-state index is 10.3. The van der Waals surface area contributed by atoms with Gasteiger partial charge in [0, 0.05) is 12.1 Å². The molecular weight excluding hydrogens is 340 g/mol. The molecule has 0 aromatic heterocycles. The molecule has 0 aromatic rings. The smallest absolute Gasteiger partial charge is 0.548 e. The monoisotopic (exact) mass is 364 g/mol. The van der Waals surface area contributed by atoms with Gasteiger partial charge in [-0.05, 0) is 51.0 Å². The third kappa shape index (κ3) is 17.0. The zero-order chi connectivity index (χ0) is 16.0. The van der Waals surface area contributed by atoms with Gasteiger partial charge >= 0.3 is 37.7 Å². The number of carbonyl (C=O) groups is 2. The number of carboxylic acid groups (broad SMARTS) is 2. The molecule has 0 aliphatic heterocycles. The molecule has 6 nitrogen and oxygen atoms in total. The zero-order valence-corrected chi connectivity index (χ0v) is 17.0. The molecular formula is C12H24CaN2O4S2. The molecule has 21 heavy (non-hydrogen) atoms. The van der Waals surface area contributed by atoms with Crippen molar-refractivity contribution in [3.05, 3.63) is 0 Å². The summed E-state index contributed by atoms with van der Waals surface area (Å²) >= 11 is 3.26. The van der Waals surface area contributed by atoms with Crippen LogP contribution in [-0.2, 0) is 9.59 Å². The molecule has 0 saturated carbocycles. The summed E-state index contributed by atoms with van der Waals surface area (Å²) in [5, 5.41) is 25.8. The molecule has 0 saturated heterocycles. The van der Waals surface area contributed by atoms with E-state index >= 15 is 0 Å². The Hall–Kier alpha value is 0.820. The Balaban J connectivity index is -0.000000295. The number of aliphatic carboxylic acids is 2. The van der Waals surface area contributed by atoms with E-state index in [2.05, 4.69) is 10.6 Å². The van der Waals surface area contributed by atoms with Crippen LogP contribution in [0.5, 0.6) is 0 Å². The Morgan fingerprint density at radius 3 is 1.33 bits per heavy atom. The summed E-state index contributed by atoms with van der Waals surface area (Å²) in [6.45, 7) is 0. The van der Waals surface area contributed by atoms with E-state index in [1.54, 1.807) is 37.6 Å². The first-order valence-electron chi connectivity index (χ1n) is 6.18. The molecule has 0 aliphatic rings. The minimum Gasteiger partial charge on any atom is -0.548 e. The van der Waals surface area contributed by atoms with Crippen LogP contribution in [0.4, 0.5) is 0 Å². The van der Waals surface area contributed by atoms with Crippen molar-refractivity contribution in [1.29, 1.82) is 0 Å². The van der Waals surface area contributed by atoms with E-state index < -0.39 is 24.0 Å². The minimum atomic E-state index is -1.02. The normalized spacial score (nSPS) is 12.4. The van der Waals surface area contributed by atoms with Crippen molar-refractivity contribution in [3.63, 3.8) is 0 Å². The van der Waals surface area contributed by atoms with E-state index in [0.29, 0.717) is 12.8 Å². The van der Waals surface area contributed by atoms with Gasteiger partial charge in [0.1, 0.15) is 0 Å². The van der Waals surface area contributed by atoms with Crippen molar-refractivity contribution in [1.82, 2.24) is 10.6 Å². The molecule has 0 aromatic carbocycles. The summed E-state index contributed by atoms with van der Waals surface area (Å²) in [6.07, 6.45) is 5.14. The molecule has 120 valence electrons. The van der Waals surface area contributed by atoms with E-state index in [9.17, 15) is 19.8 Å². The van der Waals surface area contributed by atoms with Gasteiger partial charge in [0.15, 0.2) is 0 Å². The van der Waals surface area contributed by atoms with E-state index in [4.69, 9.17) is 0 Å². The second kappa shape index (κ2) is 18.9. The number of carboxylic acids is 2. The van der Waals surface area contributed by atoms with E-state index in [1.165, 1.54) is 0 Å². The third-order valence-corrected chi connectivity index (χ3v) is 3.78. The molecule has 0 fully saturated rings. The van der Waals surface area contributed by atoms with Gasteiger partial charge in [0.2, 0.25) is 0 Å². The topological polar surface area (TPSA) is 104 Å². The van der Waals surface area contributed by atoms with Gasteiger partial charge in [0.25, 0.3) is 0 Å². The molecule has 2 atom stereocenters. The van der Waals surface area contributed by atoms with Crippen LogP contribution in [0.3, 0.4) is 0 Å². The third-order valence-electron chi connectivity index (χ3n) is 2.49. The first-order chi connectivity index (χ1) is 9.44. The van der Waals surface area contributed by atoms with Crippen molar-refractivity contribution in [2.24, 2.45) is 0 Å². The number of thioether (sulfide) groups is 2. The number of hydrogen-bond donors (Lipinski definition) is 2. The maximum Gasteiger partial charge on any atom is 2.00 e. The number of carbonyl (C=O) groups excluding carboxylic acids is 2.